The monoisotopic (exact) mass is 172 g/mol. The summed E-state index contributed by atoms with van der Waals surface area (Å²) >= 11 is 4.22. The maximum absolute atomic E-state index is 4.22. The van der Waals surface area contributed by atoms with Gasteiger partial charge in [0, 0.05) is 0 Å². The van der Waals surface area contributed by atoms with Gasteiger partial charge in [-0.1, -0.05) is 44.9 Å². The number of unbranched alkanes of at least 4 members (excludes halogenated alkanes) is 1. The maximum Gasteiger partial charge on any atom is -0.00979 e. The molecular formula is C10H20S. The van der Waals surface area contributed by atoms with Crippen molar-refractivity contribution in [1.29, 1.82) is 0 Å². The minimum Gasteiger partial charge on any atom is -0.179 e. The van der Waals surface area contributed by atoms with Crippen molar-refractivity contribution in [2.45, 2.75) is 51.4 Å². The van der Waals surface area contributed by atoms with Crippen LogP contribution < -0.4 is 0 Å². The van der Waals surface area contributed by atoms with Crippen molar-refractivity contribution in [1.82, 2.24) is 0 Å². The topological polar surface area (TPSA) is 0 Å². The molecule has 0 aromatic rings. The second-order valence-electron chi connectivity index (χ2n) is 3.72. The van der Waals surface area contributed by atoms with E-state index in [0.29, 0.717) is 0 Å². The molecule has 11 heavy (non-hydrogen) atoms. The lowest BCUT2D eigenvalue weighted by Gasteiger charge is -2.20. The summed E-state index contributed by atoms with van der Waals surface area (Å²) in [5.41, 5.74) is 0. The Hall–Kier alpha value is 0.350. The molecule has 0 aliphatic heterocycles. The predicted molar refractivity (Wildman–Crippen MR) is 54.3 cm³/mol. The molecule has 1 rings (SSSR count). The molecule has 0 aromatic heterocycles. The number of hydrogen-bond donors (Lipinski definition) is 1. The summed E-state index contributed by atoms with van der Waals surface area (Å²) in [4.78, 5) is 0. The van der Waals surface area contributed by atoms with E-state index in [2.05, 4.69) is 12.6 Å². The highest BCUT2D eigenvalue weighted by atomic mass is 32.1. The Balaban J connectivity index is 1.96. The zero-order valence-corrected chi connectivity index (χ0v) is 8.28. The minimum absolute atomic E-state index is 1.07. The fourth-order valence-electron chi connectivity index (χ4n) is 2.02. The summed E-state index contributed by atoms with van der Waals surface area (Å²) < 4.78 is 0. The molecule has 1 aliphatic rings. The van der Waals surface area contributed by atoms with Crippen LogP contribution in [0, 0.1) is 5.92 Å². The SMILES string of the molecule is SCCCCC1CCCCC1. The summed E-state index contributed by atoms with van der Waals surface area (Å²) in [6.07, 6.45) is 11.7. The standard InChI is InChI=1S/C10H20S/c11-9-5-4-8-10-6-2-1-3-7-10/h10-11H,1-9H2. The van der Waals surface area contributed by atoms with Gasteiger partial charge in [-0.2, -0.15) is 12.6 Å². The van der Waals surface area contributed by atoms with Crippen LogP contribution in [0.25, 0.3) is 0 Å². The molecular weight excluding hydrogens is 152 g/mol. The molecule has 0 unspecified atom stereocenters. The Morgan fingerprint density at radius 3 is 2.36 bits per heavy atom. The third-order valence-electron chi connectivity index (χ3n) is 2.75. The van der Waals surface area contributed by atoms with Crippen molar-refractivity contribution >= 4 is 12.6 Å². The average molecular weight is 172 g/mol. The van der Waals surface area contributed by atoms with Gasteiger partial charge in [0.1, 0.15) is 0 Å². The lowest BCUT2D eigenvalue weighted by atomic mass is 9.86. The Morgan fingerprint density at radius 2 is 1.73 bits per heavy atom. The van der Waals surface area contributed by atoms with Gasteiger partial charge in [0.05, 0.1) is 0 Å². The van der Waals surface area contributed by atoms with Crippen LogP contribution in [0.1, 0.15) is 51.4 Å². The number of hydrogen-bond acceptors (Lipinski definition) is 1. The molecule has 0 heterocycles. The van der Waals surface area contributed by atoms with Crippen LogP contribution in [0.4, 0.5) is 0 Å². The van der Waals surface area contributed by atoms with Crippen molar-refractivity contribution in [3.63, 3.8) is 0 Å². The molecule has 1 aliphatic carbocycles. The smallest absolute Gasteiger partial charge is 0.00979 e. The third kappa shape index (κ3) is 4.05. The highest BCUT2D eigenvalue weighted by Crippen LogP contribution is 2.27. The molecule has 0 N–H and O–H groups in total. The molecule has 0 nitrogen and oxygen atoms in total. The highest BCUT2D eigenvalue weighted by molar-refractivity contribution is 7.80. The second-order valence-corrected chi connectivity index (χ2v) is 4.17. The zero-order valence-electron chi connectivity index (χ0n) is 7.39. The highest BCUT2D eigenvalue weighted by Gasteiger charge is 2.11. The molecule has 1 fully saturated rings. The van der Waals surface area contributed by atoms with Crippen molar-refractivity contribution in [3.8, 4) is 0 Å². The van der Waals surface area contributed by atoms with Crippen molar-refractivity contribution in [2.75, 3.05) is 5.75 Å². The van der Waals surface area contributed by atoms with E-state index in [4.69, 9.17) is 0 Å². The van der Waals surface area contributed by atoms with E-state index in [9.17, 15) is 0 Å². The van der Waals surface area contributed by atoms with Gasteiger partial charge in [0.15, 0.2) is 0 Å². The Morgan fingerprint density at radius 1 is 1.00 bits per heavy atom. The van der Waals surface area contributed by atoms with Crippen LogP contribution in [0.3, 0.4) is 0 Å². The lowest BCUT2D eigenvalue weighted by molar-refractivity contribution is 0.332. The third-order valence-corrected chi connectivity index (χ3v) is 3.06. The largest absolute Gasteiger partial charge is 0.179 e. The van der Waals surface area contributed by atoms with Crippen molar-refractivity contribution < 1.29 is 0 Å². The first-order chi connectivity index (χ1) is 5.43. The van der Waals surface area contributed by atoms with E-state index >= 15 is 0 Å². The first kappa shape index (κ1) is 9.44. The summed E-state index contributed by atoms with van der Waals surface area (Å²) in [5.74, 6) is 2.15. The van der Waals surface area contributed by atoms with E-state index < -0.39 is 0 Å². The summed E-state index contributed by atoms with van der Waals surface area (Å²) in [6, 6.07) is 0. The average Bonchev–Trinajstić information content (AvgIpc) is 2.07. The van der Waals surface area contributed by atoms with E-state index in [0.717, 1.165) is 11.7 Å². The minimum atomic E-state index is 1.07. The summed E-state index contributed by atoms with van der Waals surface area (Å²) in [6.45, 7) is 0. The molecule has 66 valence electrons. The quantitative estimate of drug-likeness (QED) is 0.485. The van der Waals surface area contributed by atoms with E-state index in [1.54, 1.807) is 0 Å². The fourth-order valence-corrected chi connectivity index (χ4v) is 2.24. The van der Waals surface area contributed by atoms with Crippen molar-refractivity contribution in [3.05, 3.63) is 0 Å². The first-order valence-electron chi connectivity index (χ1n) is 5.04. The van der Waals surface area contributed by atoms with E-state index in [1.807, 2.05) is 0 Å². The van der Waals surface area contributed by atoms with Crippen LogP contribution in [0.2, 0.25) is 0 Å². The summed E-state index contributed by atoms with van der Waals surface area (Å²) in [5, 5.41) is 0. The molecule has 0 spiro atoms. The van der Waals surface area contributed by atoms with Gasteiger partial charge < -0.3 is 0 Å². The Bertz CT molecular complexity index is 84.9. The molecule has 0 bridgehead atoms. The molecule has 0 radical (unpaired) electrons. The van der Waals surface area contributed by atoms with Crippen LogP contribution in [0.5, 0.6) is 0 Å². The fraction of sp³-hybridized carbons (Fsp3) is 1.00. The Labute approximate surface area is 76.2 Å². The van der Waals surface area contributed by atoms with Crippen LogP contribution in [-0.4, -0.2) is 5.75 Å². The second kappa shape index (κ2) is 5.93. The zero-order chi connectivity index (χ0) is 7.94. The van der Waals surface area contributed by atoms with Crippen molar-refractivity contribution in [2.24, 2.45) is 5.92 Å². The first-order valence-corrected chi connectivity index (χ1v) is 5.67. The Kier molecular flexibility index (Phi) is 5.09. The van der Waals surface area contributed by atoms with Gasteiger partial charge in [-0.3, -0.25) is 0 Å². The maximum atomic E-state index is 4.22. The summed E-state index contributed by atoms with van der Waals surface area (Å²) in [7, 11) is 0. The van der Waals surface area contributed by atoms with E-state index in [-0.39, 0.29) is 0 Å². The van der Waals surface area contributed by atoms with Gasteiger partial charge in [0.2, 0.25) is 0 Å². The van der Waals surface area contributed by atoms with Crippen LogP contribution in [-0.2, 0) is 0 Å². The molecule has 0 amide bonds. The molecule has 0 saturated heterocycles. The van der Waals surface area contributed by atoms with Gasteiger partial charge in [-0.25, -0.2) is 0 Å². The van der Waals surface area contributed by atoms with E-state index in [1.165, 1.54) is 51.4 Å². The number of rotatable bonds is 4. The van der Waals surface area contributed by atoms with Gasteiger partial charge >= 0.3 is 0 Å². The molecule has 1 saturated carbocycles. The molecule has 0 aromatic carbocycles. The predicted octanol–water partition coefficient (Wildman–Crippen LogP) is 3.67. The normalized spacial score (nSPS) is 20.5. The molecule has 0 atom stereocenters. The molecule has 1 heteroatoms. The van der Waals surface area contributed by atoms with Crippen LogP contribution in [0.15, 0.2) is 0 Å². The lowest BCUT2D eigenvalue weighted by Crippen LogP contribution is -2.05. The van der Waals surface area contributed by atoms with Gasteiger partial charge in [0.25, 0.3) is 0 Å². The van der Waals surface area contributed by atoms with Gasteiger partial charge in [-0.05, 0) is 18.1 Å². The van der Waals surface area contributed by atoms with Gasteiger partial charge in [-0.15, -0.1) is 0 Å². The number of thiol groups is 1. The van der Waals surface area contributed by atoms with Crippen LogP contribution >= 0.6 is 12.6 Å².